The summed E-state index contributed by atoms with van der Waals surface area (Å²) >= 11 is 27.6. The molecular weight excluding hydrogens is 642 g/mol. The molecule has 3 N–H and O–H groups in total. The molecular formula is C16H12Cl3I2N3OS. The molecule has 0 spiro atoms. The smallest absolute Gasteiger partial charge is 0.253 e. The highest BCUT2D eigenvalue weighted by Crippen LogP contribution is 2.29. The van der Waals surface area contributed by atoms with Gasteiger partial charge in [-0.2, -0.15) is 0 Å². The summed E-state index contributed by atoms with van der Waals surface area (Å²) in [5, 5.41) is 8.72. The van der Waals surface area contributed by atoms with E-state index in [2.05, 4.69) is 61.1 Å². The third kappa shape index (κ3) is 6.83. The Kier molecular flexibility index (Phi) is 8.48. The molecule has 26 heavy (non-hydrogen) atoms. The van der Waals surface area contributed by atoms with Crippen LogP contribution in [0.1, 0.15) is 10.4 Å². The monoisotopic (exact) mass is 653 g/mol. The first-order valence-corrected chi connectivity index (χ1v) is 10.8. The van der Waals surface area contributed by atoms with Gasteiger partial charge in [0.2, 0.25) is 3.79 Å². The number of para-hydroxylation sites is 1. The Labute approximate surface area is 199 Å². The Balaban J connectivity index is 2.09. The molecule has 0 saturated heterocycles. The number of thiocarbonyl (C=S) groups is 1. The summed E-state index contributed by atoms with van der Waals surface area (Å²) < 4.78 is 0.0831. The number of amides is 1. The molecule has 4 nitrogen and oxygen atoms in total. The van der Waals surface area contributed by atoms with Crippen LogP contribution in [-0.4, -0.2) is 21.0 Å². The largest absolute Gasteiger partial charge is 0.339 e. The zero-order valence-corrected chi connectivity index (χ0v) is 20.3. The summed E-state index contributed by atoms with van der Waals surface area (Å²) in [6, 6.07) is 14.6. The maximum absolute atomic E-state index is 12.5. The van der Waals surface area contributed by atoms with Crippen molar-refractivity contribution < 1.29 is 4.79 Å². The highest BCUT2D eigenvalue weighted by atomic mass is 127. The van der Waals surface area contributed by atoms with Gasteiger partial charge >= 0.3 is 0 Å². The highest BCUT2D eigenvalue weighted by molar-refractivity contribution is 14.1. The van der Waals surface area contributed by atoms with Gasteiger partial charge < -0.3 is 16.0 Å². The maximum Gasteiger partial charge on any atom is 0.253 e. The number of carbonyl (C=O) groups is 1. The first-order chi connectivity index (χ1) is 12.2. The number of nitrogens with one attached hydrogen (secondary N) is 3. The molecule has 2 rings (SSSR count). The molecule has 1 amide bonds. The van der Waals surface area contributed by atoms with Crippen molar-refractivity contribution in [3.63, 3.8) is 0 Å². The summed E-state index contributed by atoms with van der Waals surface area (Å²) in [4.78, 5) is 12.5. The normalized spacial score (nSPS) is 12.2. The first-order valence-electron chi connectivity index (χ1n) is 7.12. The molecule has 2 aromatic carbocycles. The third-order valence-electron chi connectivity index (χ3n) is 3.09. The van der Waals surface area contributed by atoms with Crippen molar-refractivity contribution in [2.45, 2.75) is 9.96 Å². The number of anilines is 1. The van der Waals surface area contributed by atoms with Gasteiger partial charge in [0.25, 0.3) is 5.91 Å². The molecule has 0 aliphatic heterocycles. The zero-order valence-electron chi connectivity index (χ0n) is 12.9. The van der Waals surface area contributed by atoms with Crippen molar-refractivity contribution in [3.8, 4) is 0 Å². The SMILES string of the molecule is O=C(N[C@@H](NC(=S)Nc1ccccc1I)C(Cl)(Cl)Cl)c1cccc(I)c1. The molecule has 10 heteroatoms. The molecule has 1 atom stereocenters. The van der Waals surface area contributed by atoms with Crippen molar-refractivity contribution in [2.75, 3.05) is 5.32 Å². The van der Waals surface area contributed by atoms with Crippen molar-refractivity contribution in [3.05, 3.63) is 61.2 Å². The summed E-state index contributed by atoms with van der Waals surface area (Å²) in [7, 11) is 0. The number of hydrogen-bond donors (Lipinski definition) is 3. The van der Waals surface area contributed by atoms with Crippen LogP contribution in [0.25, 0.3) is 0 Å². The van der Waals surface area contributed by atoms with Gasteiger partial charge in [0.15, 0.2) is 5.11 Å². The topological polar surface area (TPSA) is 53.2 Å². The van der Waals surface area contributed by atoms with E-state index in [1.807, 2.05) is 30.3 Å². The number of hydrogen-bond acceptors (Lipinski definition) is 2. The first kappa shape index (κ1) is 22.2. The van der Waals surface area contributed by atoms with Crippen molar-refractivity contribution in [1.29, 1.82) is 0 Å². The minimum Gasteiger partial charge on any atom is -0.339 e. The van der Waals surface area contributed by atoms with Crippen LogP contribution in [0.4, 0.5) is 5.69 Å². The minimum absolute atomic E-state index is 0.216. The molecule has 0 radical (unpaired) electrons. The molecule has 0 bridgehead atoms. The van der Waals surface area contributed by atoms with Crippen LogP contribution in [0.5, 0.6) is 0 Å². The van der Waals surface area contributed by atoms with E-state index >= 15 is 0 Å². The summed E-state index contributed by atoms with van der Waals surface area (Å²) in [6.45, 7) is 0. The summed E-state index contributed by atoms with van der Waals surface area (Å²) in [6.07, 6.45) is -1.03. The van der Waals surface area contributed by atoms with Crippen LogP contribution in [0.2, 0.25) is 0 Å². The molecule has 0 saturated carbocycles. The number of halogens is 5. The zero-order chi connectivity index (χ0) is 19.3. The molecule has 0 heterocycles. The standard InChI is InChI=1S/C16H12Cl3I2N3OS/c17-16(18,19)14(23-13(25)9-4-3-5-10(20)8-9)24-15(26)22-12-7-2-1-6-11(12)21/h1-8,14H,(H,23,25)(H2,22,24,26)/t14-/m0/s1. The number of carbonyl (C=O) groups excluding carboxylic acids is 1. The predicted octanol–water partition coefficient (Wildman–Crippen LogP) is 5.31. The lowest BCUT2D eigenvalue weighted by Crippen LogP contribution is -2.56. The number of benzene rings is 2. The number of alkyl halides is 3. The minimum atomic E-state index is -1.81. The van der Waals surface area contributed by atoms with E-state index in [1.165, 1.54) is 0 Å². The van der Waals surface area contributed by atoms with Crippen molar-refractivity contribution in [2.24, 2.45) is 0 Å². The molecule has 0 aliphatic rings. The van der Waals surface area contributed by atoms with Gasteiger partial charge in [-0.25, -0.2) is 0 Å². The Hall–Kier alpha value is -0.0700. The van der Waals surface area contributed by atoms with Crippen LogP contribution < -0.4 is 16.0 Å². The highest BCUT2D eigenvalue weighted by Gasteiger charge is 2.35. The summed E-state index contributed by atoms with van der Waals surface area (Å²) in [5.41, 5.74) is 1.26. The quantitative estimate of drug-likeness (QED) is 0.181. The lowest BCUT2D eigenvalue weighted by molar-refractivity contribution is 0.0934. The Morgan fingerprint density at radius 3 is 2.35 bits per heavy atom. The average Bonchev–Trinajstić information content (AvgIpc) is 2.55. The van der Waals surface area contributed by atoms with E-state index in [9.17, 15) is 4.79 Å². The Morgan fingerprint density at radius 2 is 1.73 bits per heavy atom. The maximum atomic E-state index is 12.5. The van der Waals surface area contributed by atoms with Crippen LogP contribution in [-0.2, 0) is 0 Å². The van der Waals surface area contributed by atoms with E-state index in [-0.39, 0.29) is 11.0 Å². The van der Waals surface area contributed by atoms with Gasteiger partial charge in [-0.15, -0.1) is 0 Å². The van der Waals surface area contributed by atoms with Crippen LogP contribution in [0.15, 0.2) is 48.5 Å². The van der Waals surface area contributed by atoms with Gasteiger partial charge in [0.05, 0.1) is 5.69 Å². The van der Waals surface area contributed by atoms with Crippen LogP contribution in [0, 0.1) is 7.14 Å². The van der Waals surface area contributed by atoms with Crippen molar-refractivity contribution in [1.82, 2.24) is 10.6 Å². The lowest BCUT2D eigenvalue weighted by atomic mass is 10.2. The van der Waals surface area contributed by atoms with Gasteiger partial charge in [-0.1, -0.05) is 53.0 Å². The predicted molar refractivity (Wildman–Crippen MR) is 129 cm³/mol. The second kappa shape index (κ2) is 9.92. The average molecular weight is 655 g/mol. The van der Waals surface area contributed by atoms with E-state index in [1.54, 1.807) is 18.2 Å². The fourth-order valence-corrected chi connectivity index (χ4v) is 3.52. The fourth-order valence-electron chi connectivity index (χ4n) is 1.90. The van der Waals surface area contributed by atoms with E-state index in [0.717, 1.165) is 12.8 Å². The van der Waals surface area contributed by atoms with Gasteiger partial charge in [0, 0.05) is 12.7 Å². The lowest BCUT2D eigenvalue weighted by Gasteiger charge is -2.28. The molecule has 0 unspecified atom stereocenters. The van der Waals surface area contributed by atoms with Gasteiger partial charge in [0.1, 0.15) is 6.17 Å². The van der Waals surface area contributed by atoms with E-state index in [4.69, 9.17) is 47.0 Å². The number of rotatable bonds is 4. The second-order valence-electron chi connectivity index (χ2n) is 5.04. The molecule has 2 aromatic rings. The van der Waals surface area contributed by atoms with Crippen molar-refractivity contribution >= 4 is 109 Å². The fraction of sp³-hybridized carbons (Fsp3) is 0.125. The van der Waals surface area contributed by atoms with Crippen LogP contribution >= 0.6 is 92.2 Å². The molecule has 0 aromatic heterocycles. The Bertz CT molecular complexity index is 817. The molecule has 0 fully saturated rings. The molecule has 138 valence electrons. The second-order valence-corrected chi connectivity index (χ2v) is 10.2. The van der Waals surface area contributed by atoms with Crippen LogP contribution in [0.3, 0.4) is 0 Å². The summed E-state index contributed by atoms with van der Waals surface area (Å²) in [5.74, 6) is -0.385. The van der Waals surface area contributed by atoms with Gasteiger partial charge in [-0.05, 0) is 87.7 Å². The Morgan fingerprint density at radius 1 is 1.04 bits per heavy atom. The van der Waals surface area contributed by atoms with E-state index in [0.29, 0.717) is 5.56 Å². The van der Waals surface area contributed by atoms with E-state index < -0.39 is 9.96 Å². The molecule has 0 aliphatic carbocycles. The third-order valence-corrected chi connectivity index (χ3v) is 5.57. The van der Waals surface area contributed by atoms with Gasteiger partial charge in [-0.3, -0.25) is 4.79 Å².